The van der Waals surface area contributed by atoms with Crippen LogP contribution in [0.15, 0.2) is 62.8 Å². The van der Waals surface area contributed by atoms with Crippen LogP contribution in [0.4, 0.5) is 10.1 Å². The number of fused-ring (bicyclic) bond motifs is 2. The van der Waals surface area contributed by atoms with Gasteiger partial charge in [0.15, 0.2) is 0 Å². The number of carbonyl (C=O) groups is 2. The molecule has 146 valence electrons. The number of thiazole rings is 1. The van der Waals surface area contributed by atoms with Crippen LogP contribution >= 0.6 is 39.0 Å². The standard InChI is InChI=1S/C20H12BrFN2O3S2/c21-10-3-1-9(2-4-10)13-14-16(28-17-15(13)29-20(27)23-17)19(26)24(18(14)25)12-7-5-11(22)6-8-12/h1-8,13-14,16H,(H,23,27). The van der Waals surface area contributed by atoms with Gasteiger partial charge >= 0.3 is 4.87 Å². The summed E-state index contributed by atoms with van der Waals surface area (Å²) in [5.41, 5.74) is 1.21. The Kier molecular flexibility index (Phi) is 4.49. The Bertz CT molecular complexity index is 1190. The first-order valence-electron chi connectivity index (χ1n) is 8.72. The number of halogens is 2. The van der Waals surface area contributed by atoms with Crippen LogP contribution in [0.2, 0.25) is 0 Å². The summed E-state index contributed by atoms with van der Waals surface area (Å²) in [6.45, 7) is 0. The third kappa shape index (κ3) is 2.99. The van der Waals surface area contributed by atoms with Crippen molar-refractivity contribution in [2.24, 2.45) is 5.92 Å². The summed E-state index contributed by atoms with van der Waals surface area (Å²) in [5, 5.41) is -0.0183. The minimum atomic E-state index is -0.654. The number of anilines is 1. The van der Waals surface area contributed by atoms with Gasteiger partial charge in [0.1, 0.15) is 11.1 Å². The number of hydrogen-bond acceptors (Lipinski definition) is 5. The minimum Gasteiger partial charge on any atom is -0.307 e. The molecule has 1 fully saturated rings. The molecule has 2 amide bonds. The Morgan fingerprint density at radius 1 is 0.966 bits per heavy atom. The molecule has 2 aliphatic rings. The second-order valence-electron chi connectivity index (χ2n) is 6.79. The second kappa shape index (κ2) is 6.93. The summed E-state index contributed by atoms with van der Waals surface area (Å²) in [4.78, 5) is 43.1. The number of benzene rings is 2. The van der Waals surface area contributed by atoms with E-state index in [9.17, 15) is 18.8 Å². The fourth-order valence-electron chi connectivity index (χ4n) is 3.89. The number of amides is 2. The highest BCUT2D eigenvalue weighted by atomic mass is 79.9. The largest absolute Gasteiger partial charge is 0.307 e. The van der Waals surface area contributed by atoms with Crippen molar-refractivity contribution in [2.75, 3.05) is 4.90 Å². The lowest BCUT2D eigenvalue weighted by molar-refractivity contribution is -0.122. The third-order valence-electron chi connectivity index (χ3n) is 5.14. The van der Waals surface area contributed by atoms with E-state index in [2.05, 4.69) is 20.9 Å². The summed E-state index contributed by atoms with van der Waals surface area (Å²) in [6, 6.07) is 12.9. The topological polar surface area (TPSA) is 70.2 Å². The van der Waals surface area contributed by atoms with Crippen molar-refractivity contribution in [3.8, 4) is 0 Å². The molecule has 3 aromatic rings. The summed E-state index contributed by atoms with van der Waals surface area (Å²) < 4.78 is 14.2. The van der Waals surface area contributed by atoms with E-state index >= 15 is 0 Å². The second-order valence-corrected chi connectivity index (χ2v) is 9.87. The fraction of sp³-hybridized carbons (Fsp3) is 0.150. The van der Waals surface area contributed by atoms with Gasteiger partial charge in [-0.1, -0.05) is 51.2 Å². The molecular formula is C20H12BrFN2O3S2. The number of nitrogens with one attached hydrogen (secondary N) is 1. The van der Waals surface area contributed by atoms with Crippen molar-refractivity contribution >= 4 is 56.5 Å². The molecule has 3 atom stereocenters. The van der Waals surface area contributed by atoms with Crippen molar-refractivity contribution in [3.05, 3.63) is 78.9 Å². The number of rotatable bonds is 2. The van der Waals surface area contributed by atoms with Gasteiger partial charge in [-0.05, 0) is 42.0 Å². The van der Waals surface area contributed by atoms with Crippen molar-refractivity contribution in [1.29, 1.82) is 0 Å². The monoisotopic (exact) mass is 490 g/mol. The van der Waals surface area contributed by atoms with E-state index in [1.165, 1.54) is 36.0 Å². The lowest BCUT2D eigenvalue weighted by atomic mass is 9.83. The Morgan fingerprint density at radius 3 is 2.34 bits per heavy atom. The zero-order chi connectivity index (χ0) is 20.3. The van der Waals surface area contributed by atoms with Gasteiger partial charge in [-0.15, -0.1) is 0 Å². The van der Waals surface area contributed by atoms with Gasteiger partial charge in [-0.25, -0.2) is 9.29 Å². The van der Waals surface area contributed by atoms with Crippen LogP contribution in [0.1, 0.15) is 16.4 Å². The molecule has 0 spiro atoms. The molecule has 1 saturated heterocycles. The van der Waals surface area contributed by atoms with Crippen LogP contribution < -0.4 is 9.77 Å². The molecule has 1 N–H and O–H groups in total. The first-order chi connectivity index (χ1) is 13.9. The molecule has 9 heteroatoms. The Labute approximate surface area is 181 Å². The normalized spacial score (nSPS) is 23.2. The van der Waals surface area contributed by atoms with E-state index in [4.69, 9.17) is 0 Å². The van der Waals surface area contributed by atoms with Crippen LogP contribution in [-0.2, 0) is 9.59 Å². The van der Waals surface area contributed by atoms with E-state index in [-0.39, 0.29) is 16.7 Å². The quantitative estimate of drug-likeness (QED) is 0.548. The summed E-state index contributed by atoms with van der Waals surface area (Å²) >= 11 is 5.71. The highest BCUT2D eigenvalue weighted by Gasteiger charge is 2.56. The predicted molar refractivity (Wildman–Crippen MR) is 113 cm³/mol. The number of hydrogen-bond donors (Lipinski definition) is 1. The lowest BCUT2D eigenvalue weighted by Crippen LogP contribution is -2.32. The number of thioether (sulfide) groups is 1. The third-order valence-corrected chi connectivity index (χ3v) is 8.07. The molecule has 29 heavy (non-hydrogen) atoms. The smallest absolute Gasteiger partial charge is 0.305 e. The molecule has 2 aromatic carbocycles. The Hall–Kier alpha value is -2.23. The molecule has 0 bridgehead atoms. The van der Waals surface area contributed by atoms with Gasteiger partial charge in [-0.3, -0.25) is 14.4 Å². The SMILES string of the molecule is O=C1C2Sc3[nH]c(=O)sc3C(c3ccc(Br)cc3)C2C(=O)N1c1ccc(F)cc1. The molecule has 0 saturated carbocycles. The summed E-state index contributed by atoms with van der Waals surface area (Å²) in [7, 11) is 0. The predicted octanol–water partition coefficient (Wildman–Crippen LogP) is 4.13. The van der Waals surface area contributed by atoms with Gasteiger partial charge in [0.05, 0.1) is 16.6 Å². The Balaban J connectivity index is 1.64. The summed E-state index contributed by atoms with van der Waals surface area (Å²) in [5.74, 6) is -2.17. The van der Waals surface area contributed by atoms with Gasteiger partial charge < -0.3 is 4.98 Å². The number of aromatic nitrogens is 1. The van der Waals surface area contributed by atoms with Crippen LogP contribution in [0.5, 0.6) is 0 Å². The zero-order valence-corrected chi connectivity index (χ0v) is 17.8. The number of carbonyl (C=O) groups excluding carboxylic acids is 2. The molecular weight excluding hydrogens is 479 g/mol. The van der Waals surface area contributed by atoms with Crippen molar-refractivity contribution in [2.45, 2.75) is 16.2 Å². The highest BCUT2D eigenvalue weighted by molar-refractivity contribution is 9.10. The number of aromatic amines is 1. The average molecular weight is 491 g/mol. The molecule has 5 nitrogen and oxygen atoms in total. The van der Waals surface area contributed by atoms with Crippen molar-refractivity contribution in [1.82, 2.24) is 4.98 Å². The average Bonchev–Trinajstić information content (AvgIpc) is 3.19. The first kappa shape index (κ1) is 18.8. The summed E-state index contributed by atoms with van der Waals surface area (Å²) in [6.07, 6.45) is 0. The molecule has 0 aliphatic carbocycles. The number of H-pyrrole nitrogens is 1. The van der Waals surface area contributed by atoms with Gasteiger partial charge in [0.25, 0.3) is 0 Å². The molecule has 0 radical (unpaired) electrons. The first-order valence-corrected chi connectivity index (χ1v) is 11.2. The molecule has 1 aromatic heterocycles. The van der Waals surface area contributed by atoms with Crippen LogP contribution in [0.3, 0.4) is 0 Å². The number of imide groups is 1. The van der Waals surface area contributed by atoms with Crippen LogP contribution in [0.25, 0.3) is 0 Å². The van der Waals surface area contributed by atoms with E-state index in [0.717, 1.165) is 31.2 Å². The van der Waals surface area contributed by atoms with E-state index in [0.29, 0.717) is 10.7 Å². The van der Waals surface area contributed by atoms with Gasteiger partial charge in [0.2, 0.25) is 11.8 Å². The fourth-order valence-corrected chi connectivity index (χ4v) is 6.67. The van der Waals surface area contributed by atoms with E-state index in [1.807, 2.05) is 24.3 Å². The number of nitrogens with zero attached hydrogens (tertiary/aromatic N) is 1. The molecule has 3 heterocycles. The van der Waals surface area contributed by atoms with E-state index < -0.39 is 22.9 Å². The molecule has 5 rings (SSSR count). The van der Waals surface area contributed by atoms with E-state index in [1.54, 1.807) is 0 Å². The van der Waals surface area contributed by atoms with Crippen LogP contribution in [-0.4, -0.2) is 22.0 Å². The van der Waals surface area contributed by atoms with Gasteiger partial charge in [-0.2, -0.15) is 0 Å². The maximum Gasteiger partial charge on any atom is 0.305 e. The van der Waals surface area contributed by atoms with Crippen molar-refractivity contribution in [3.63, 3.8) is 0 Å². The zero-order valence-electron chi connectivity index (χ0n) is 14.6. The minimum absolute atomic E-state index is 0.208. The Morgan fingerprint density at radius 2 is 1.66 bits per heavy atom. The maximum absolute atomic E-state index is 13.4. The molecule has 3 unspecified atom stereocenters. The van der Waals surface area contributed by atoms with Crippen LogP contribution in [0, 0.1) is 11.7 Å². The van der Waals surface area contributed by atoms with Crippen molar-refractivity contribution < 1.29 is 14.0 Å². The lowest BCUT2D eigenvalue weighted by Gasteiger charge is -2.29. The maximum atomic E-state index is 13.4. The molecule has 2 aliphatic heterocycles. The van der Waals surface area contributed by atoms with Gasteiger partial charge in [0, 0.05) is 15.3 Å². The highest BCUT2D eigenvalue weighted by Crippen LogP contribution is 2.53.